The number of aryl methyl sites for hydroxylation is 1. The van der Waals surface area contributed by atoms with Crippen LogP contribution >= 0.6 is 0 Å². The van der Waals surface area contributed by atoms with Crippen LogP contribution in [0.3, 0.4) is 0 Å². The average Bonchev–Trinajstić information content (AvgIpc) is 3.81. The highest BCUT2D eigenvalue weighted by Gasteiger charge is 2.77. The summed E-state index contributed by atoms with van der Waals surface area (Å²) in [7, 11) is 0. The van der Waals surface area contributed by atoms with E-state index in [4.69, 9.17) is 4.74 Å². The summed E-state index contributed by atoms with van der Waals surface area (Å²) in [5, 5.41) is 80.1. The second-order valence-corrected chi connectivity index (χ2v) is 19.5. The van der Waals surface area contributed by atoms with E-state index in [9.17, 15) is 45.3 Å². The van der Waals surface area contributed by atoms with E-state index in [2.05, 4.69) is 26.8 Å². The van der Waals surface area contributed by atoms with Gasteiger partial charge in [0.05, 0.1) is 35.9 Å². The van der Waals surface area contributed by atoms with E-state index in [0.717, 1.165) is 5.56 Å². The highest BCUT2D eigenvalue weighted by molar-refractivity contribution is 5.98. The van der Waals surface area contributed by atoms with Gasteiger partial charge in [0, 0.05) is 42.2 Å². The van der Waals surface area contributed by atoms with Gasteiger partial charge < -0.3 is 45.4 Å². The van der Waals surface area contributed by atoms with Gasteiger partial charge in [0.25, 0.3) is 0 Å². The molecule has 11 nitrogen and oxygen atoms in total. The molecule has 14 unspecified atom stereocenters. The molecule has 2 heterocycles. The number of carbonyl (C=O) groups excluding carboxylic acids is 2. The van der Waals surface area contributed by atoms with Gasteiger partial charge in [0.2, 0.25) is 5.91 Å². The van der Waals surface area contributed by atoms with E-state index in [1.165, 1.54) is 0 Å². The van der Waals surface area contributed by atoms with Gasteiger partial charge in [-0.1, -0.05) is 39.8 Å². The molecule has 3 saturated carbocycles. The van der Waals surface area contributed by atoms with E-state index < -0.39 is 58.3 Å². The number of fused-ring (bicyclic) bond motifs is 4. The first-order valence-electron chi connectivity index (χ1n) is 21.3. The number of hydrogen-bond acceptors (Lipinski definition) is 10. The number of aromatic hydroxyl groups is 1. The summed E-state index contributed by atoms with van der Waals surface area (Å²) in [6.45, 7) is 8.47. The second-order valence-electron chi connectivity index (χ2n) is 19.5. The van der Waals surface area contributed by atoms with Crippen molar-refractivity contribution < 1.29 is 50.1 Å². The number of aliphatic hydroxyl groups excluding tert-OH is 4. The monoisotopic (exact) mass is 777 g/mol. The van der Waals surface area contributed by atoms with Gasteiger partial charge >= 0.3 is 0 Å². The first kappa shape index (κ1) is 40.2. The fraction of sp³-hybridized carbons (Fsp3) is 0.733. The molecule has 1 amide bonds. The van der Waals surface area contributed by atoms with Crippen LogP contribution in [-0.2, 0) is 20.7 Å². The van der Waals surface area contributed by atoms with Gasteiger partial charge in [-0.2, -0.15) is 0 Å². The molecule has 2 saturated heterocycles. The molecule has 5 fully saturated rings. The maximum atomic E-state index is 14.5. The smallest absolute Gasteiger partial charge is 0.230 e. The molecule has 0 aromatic heterocycles. The van der Waals surface area contributed by atoms with Crippen LogP contribution in [0.1, 0.15) is 97.5 Å². The van der Waals surface area contributed by atoms with E-state index in [0.29, 0.717) is 81.5 Å². The van der Waals surface area contributed by atoms with E-state index in [1.807, 2.05) is 19.1 Å². The van der Waals surface area contributed by atoms with Gasteiger partial charge in [-0.15, -0.1) is 0 Å². The number of anilines is 1. The van der Waals surface area contributed by atoms with Crippen LogP contribution in [-0.4, -0.2) is 103 Å². The molecule has 0 radical (unpaired) electrons. The van der Waals surface area contributed by atoms with E-state index >= 15 is 0 Å². The van der Waals surface area contributed by atoms with Crippen LogP contribution in [0.25, 0.3) is 0 Å². The summed E-state index contributed by atoms with van der Waals surface area (Å²) in [6.07, 6.45) is 7.35. The minimum Gasteiger partial charge on any atom is -0.508 e. The summed E-state index contributed by atoms with van der Waals surface area (Å²) in [5.74, 6) is -1.01. The predicted molar refractivity (Wildman–Crippen MR) is 208 cm³/mol. The molecule has 11 heteroatoms. The zero-order chi connectivity index (χ0) is 40.2. The number of nitrogens with zero attached hydrogens (tertiary/aromatic N) is 1. The molecule has 0 bridgehead atoms. The lowest BCUT2D eigenvalue weighted by Crippen LogP contribution is -2.69. The summed E-state index contributed by atoms with van der Waals surface area (Å²) in [4.78, 5) is 29.6. The van der Waals surface area contributed by atoms with E-state index in [1.54, 1.807) is 23.1 Å². The summed E-state index contributed by atoms with van der Waals surface area (Å²) >= 11 is 0. The van der Waals surface area contributed by atoms with Crippen molar-refractivity contribution in [1.82, 2.24) is 0 Å². The first-order chi connectivity index (χ1) is 26.5. The number of epoxide rings is 1. The number of ketones is 1. The van der Waals surface area contributed by atoms with Crippen molar-refractivity contribution in [3.8, 4) is 5.75 Å². The van der Waals surface area contributed by atoms with Gasteiger partial charge in [-0.3, -0.25) is 9.59 Å². The molecule has 7 N–H and O–H groups in total. The van der Waals surface area contributed by atoms with Crippen molar-refractivity contribution >= 4 is 17.4 Å². The molecule has 8 rings (SSSR count). The normalized spacial score (nSPS) is 44.6. The van der Waals surface area contributed by atoms with Crippen LogP contribution < -0.4 is 4.90 Å². The lowest BCUT2D eigenvalue weighted by molar-refractivity contribution is -0.203. The molecule has 308 valence electrons. The number of phenolic OH excluding ortho intramolecular Hbond substituents is 1. The molecule has 2 aliphatic heterocycles. The van der Waals surface area contributed by atoms with Crippen molar-refractivity contribution in [2.24, 2.45) is 51.8 Å². The summed E-state index contributed by atoms with van der Waals surface area (Å²) in [6, 6.07) is 5.25. The Hall–Kier alpha value is -2.64. The lowest BCUT2D eigenvalue weighted by Gasteiger charge is -2.66. The third-order valence-corrected chi connectivity index (χ3v) is 16.8. The molecule has 56 heavy (non-hydrogen) atoms. The maximum Gasteiger partial charge on any atom is 0.230 e. The SMILES string of the molecule is CC(C)C(C)C1OC1C1(O)CC=CC2CC3C(=CC(=O)C4(CO)CC(O)C(O)CC34C)C3(O)CCC1C23CCc1cc(O)cc(N2CCC(CCCO)C2=O)c1. The number of aliphatic hydroxyl groups is 6. The number of amides is 1. The molecule has 7 aliphatic rings. The maximum absolute atomic E-state index is 14.5. The highest BCUT2D eigenvalue weighted by Crippen LogP contribution is 2.75. The number of rotatable bonds is 11. The average molecular weight is 778 g/mol. The van der Waals surface area contributed by atoms with Crippen LogP contribution in [0, 0.1) is 51.8 Å². The van der Waals surface area contributed by atoms with Crippen LogP contribution in [0.15, 0.2) is 42.0 Å². The Bertz CT molecular complexity index is 1790. The standard InChI is InChI=1S/C45H63NO10/c1-25(2)26(3)38-39(56-38)44(54)12-5-8-29-19-32-33(21-37(52)42(24-48)23-35(51)34(50)22-41(32,42)4)45(55)14-10-36(44)43(29,45)13-9-27-17-30(20-31(49)18-27)46-15-11-28(40(46)53)7-6-16-47/h5,8,17-18,20-21,25-26,28-29,32,34-36,38-39,47-51,54-55H,6-7,9-16,19,22-24H2,1-4H3. The van der Waals surface area contributed by atoms with Crippen molar-refractivity contribution in [2.75, 3.05) is 24.7 Å². The second kappa shape index (κ2) is 14.0. The van der Waals surface area contributed by atoms with Gasteiger partial charge in [0.15, 0.2) is 5.78 Å². The predicted octanol–water partition coefficient (Wildman–Crippen LogP) is 3.97. The minimum absolute atomic E-state index is 0.0189. The van der Waals surface area contributed by atoms with Gasteiger partial charge in [0.1, 0.15) is 17.5 Å². The zero-order valence-electron chi connectivity index (χ0n) is 33.4. The van der Waals surface area contributed by atoms with Crippen LogP contribution in [0.5, 0.6) is 5.75 Å². The third-order valence-electron chi connectivity index (χ3n) is 16.8. The Morgan fingerprint density at radius 3 is 2.48 bits per heavy atom. The number of ether oxygens (including phenoxy) is 1. The Morgan fingerprint density at radius 1 is 1.02 bits per heavy atom. The highest BCUT2D eigenvalue weighted by atomic mass is 16.6. The van der Waals surface area contributed by atoms with Crippen molar-refractivity contribution in [1.29, 1.82) is 0 Å². The number of phenols is 1. The van der Waals surface area contributed by atoms with Gasteiger partial charge in [-0.05, 0) is 129 Å². The Labute approximate surface area is 330 Å². The van der Waals surface area contributed by atoms with Crippen LogP contribution in [0.2, 0.25) is 0 Å². The topological polar surface area (TPSA) is 192 Å². The molecular formula is C45H63NO10. The Balaban J connectivity index is 1.21. The van der Waals surface area contributed by atoms with Crippen molar-refractivity contribution in [2.45, 2.75) is 134 Å². The van der Waals surface area contributed by atoms with Crippen molar-refractivity contribution in [3.05, 3.63) is 47.6 Å². The fourth-order valence-corrected chi connectivity index (χ4v) is 13.4. The summed E-state index contributed by atoms with van der Waals surface area (Å²) in [5.41, 5.74) is -4.05. The van der Waals surface area contributed by atoms with Gasteiger partial charge in [-0.25, -0.2) is 0 Å². The summed E-state index contributed by atoms with van der Waals surface area (Å²) < 4.78 is 6.40. The Kier molecular flexibility index (Phi) is 10.0. The number of carbonyl (C=O) groups is 2. The minimum atomic E-state index is -1.53. The van der Waals surface area contributed by atoms with E-state index in [-0.39, 0.29) is 66.7 Å². The number of hydrogen-bond donors (Lipinski definition) is 7. The molecule has 1 aromatic rings. The fourth-order valence-electron chi connectivity index (χ4n) is 13.4. The number of allylic oxidation sites excluding steroid dienone is 2. The first-order valence-corrected chi connectivity index (χ1v) is 21.3. The van der Waals surface area contributed by atoms with Crippen molar-refractivity contribution in [3.63, 3.8) is 0 Å². The molecule has 14 atom stereocenters. The largest absolute Gasteiger partial charge is 0.508 e. The molecule has 5 aliphatic carbocycles. The Morgan fingerprint density at radius 2 is 1.77 bits per heavy atom. The zero-order valence-corrected chi connectivity index (χ0v) is 33.4. The molecule has 1 aromatic carbocycles. The molecular weight excluding hydrogens is 714 g/mol. The number of benzene rings is 1. The lowest BCUT2D eigenvalue weighted by atomic mass is 9.39. The third kappa shape index (κ3) is 5.61. The van der Waals surface area contributed by atoms with Crippen LogP contribution in [0.4, 0.5) is 5.69 Å². The molecule has 0 spiro atoms. The quantitative estimate of drug-likeness (QED) is 0.128.